The number of hydrogen-bond donors (Lipinski definition) is 0. The van der Waals surface area contributed by atoms with Gasteiger partial charge in [-0.15, -0.1) is 0 Å². The van der Waals surface area contributed by atoms with E-state index in [9.17, 15) is 17.6 Å². The SMILES string of the molecule is Fc1cccc2c1-c1cccc(Cl)c1[I+]2.O=S(=O)([O-])C(F)(F)F. The van der Waals surface area contributed by atoms with Crippen LogP contribution in [0, 0.1) is 13.0 Å². The zero-order valence-corrected chi connectivity index (χ0v) is 14.6. The maximum absolute atomic E-state index is 13.7. The zero-order valence-electron chi connectivity index (χ0n) is 10.9. The summed E-state index contributed by atoms with van der Waals surface area (Å²) in [7, 11) is -6.09. The molecule has 0 atom stereocenters. The van der Waals surface area contributed by atoms with Gasteiger partial charge in [-0.05, 0) is 24.3 Å². The molecule has 2 aromatic rings. The third-order valence-electron chi connectivity index (χ3n) is 2.66. The normalized spacial score (nSPS) is 13.0. The fourth-order valence-electron chi connectivity index (χ4n) is 1.73. The van der Waals surface area contributed by atoms with E-state index in [2.05, 4.69) is 0 Å². The number of hydrogen-bond acceptors (Lipinski definition) is 3. The van der Waals surface area contributed by atoms with Crippen LogP contribution in [0.2, 0.25) is 5.02 Å². The van der Waals surface area contributed by atoms with Gasteiger partial charge in [0.25, 0.3) is 0 Å². The van der Waals surface area contributed by atoms with Gasteiger partial charge >= 0.3 is 26.7 Å². The molecule has 3 rings (SSSR count). The zero-order chi connectivity index (χ0) is 17.4. The molecule has 2 aromatic carbocycles. The van der Waals surface area contributed by atoms with Gasteiger partial charge in [0.2, 0.25) is 7.14 Å². The van der Waals surface area contributed by atoms with Crippen molar-refractivity contribution in [1.82, 2.24) is 0 Å². The third kappa shape index (κ3) is 3.95. The lowest BCUT2D eigenvalue weighted by Gasteiger charge is -2.08. The number of alkyl halides is 3. The Kier molecular flexibility index (Phi) is 5.24. The molecule has 1 heterocycles. The highest BCUT2D eigenvalue weighted by Crippen LogP contribution is 2.28. The van der Waals surface area contributed by atoms with Gasteiger partial charge in [0, 0.05) is 5.56 Å². The molecule has 10 heteroatoms. The van der Waals surface area contributed by atoms with E-state index in [4.69, 9.17) is 24.6 Å². The predicted octanol–water partition coefficient (Wildman–Crippen LogP) is 0.639. The largest absolute Gasteiger partial charge is 0.741 e. The molecule has 0 N–H and O–H groups in total. The van der Waals surface area contributed by atoms with Crippen molar-refractivity contribution < 1.29 is 51.7 Å². The first-order valence-corrected chi connectivity index (χ1v) is 9.71. The third-order valence-corrected chi connectivity index (χ3v) is 7.05. The van der Waals surface area contributed by atoms with Crippen LogP contribution in [-0.2, 0) is 10.1 Å². The Morgan fingerprint density at radius 1 is 1.09 bits per heavy atom. The standard InChI is InChI=1S/C12H6ClFI.CHF3O3S/c13-8-4-1-3-7-11-9(14)5-2-6-10(11)15-12(7)8;2-1(3,4)8(5,6)7/h1-6H;(H,5,6,7)/q+1;/p-1. The van der Waals surface area contributed by atoms with E-state index in [-0.39, 0.29) is 27.0 Å². The molecule has 1 aliphatic rings. The highest BCUT2D eigenvalue weighted by molar-refractivity contribution is 7.86. The molecule has 0 unspecified atom stereocenters. The molecule has 23 heavy (non-hydrogen) atoms. The summed E-state index contributed by atoms with van der Waals surface area (Å²) < 4.78 is 74.9. The van der Waals surface area contributed by atoms with Gasteiger partial charge in [-0.3, -0.25) is 0 Å². The fourth-order valence-corrected chi connectivity index (χ4v) is 5.11. The van der Waals surface area contributed by atoms with Crippen molar-refractivity contribution >= 4 is 21.7 Å². The molecule has 0 amide bonds. The molecule has 0 spiro atoms. The molecular weight excluding hydrogens is 475 g/mol. The summed E-state index contributed by atoms with van der Waals surface area (Å²) in [6.07, 6.45) is 0. The quantitative estimate of drug-likeness (QED) is 0.205. The van der Waals surface area contributed by atoms with Crippen molar-refractivity contribution in [3.05, 3.63) is 54.4 Å². The smallest absolute Gasteiger partial charge is 0.485 e. The Balaban J connectivity index is 0.000000207. The Labute approximate surface area is 144 Å². The van der Waals surface area contributed by atoms with Crippen molar-refractivity contribution in [1.29, 1.82) is 0 Å². The van der Waals surface area contributed by atoms with Crippen LogP contribution < -0.4 is 21.2 Å². The lowest BCUT2D eigenvalue weighted by Crippen LogP contribution is -3.61. The summed E-state index contributed by atoms with van der Waals surface area (Å²) in [6, 6.07) is 11.0. The van der Waals surface area contributed by atoms with Gasteiger partial charge in [0.15, 0.2) is 10.1 Å². The molecular formula is C13H6ClF4IO3S. The number of rotatable bonds is 0. The van der Waals surface area contributed by atoms with E-state index in [1.165, 1.54) is 6.07 Å². The maximum atomic E-state index is 13.7. The Bertz CT molecular complexity index is 853. The van der Waals surface area contributed by atoms with Gasteiger partial charge in [0.05, 0.1) is 10.6 Å². The number of benzene rings is 2. The van der Waals surface area contributed by atoms with Gasteiger partial charge in [0.1, 0.15) is 5.82 Å². The average Bonchev–Trinajstić information content (AvgIpc) is 2.78. The van der Waals surface area contributed by atoms with Crippen LogP contribution in [0.1, 0.15) is 0 Å². The van der Waals surface area contributed by atoms with Crippen molar-refractivity contribution in [2.75, 3.05) is 0 Å². The molecule has 0 saturated carbocycles. The van der Waals surface area contributed by atoms with Gasteiger partial charge in [-0.1, -0.05) is 23.7 Å². The Morgan fingerprint density at radius 2 is 1.65 bits per heavy atom. The lowest BCUT2D eigenvalue weighted by molar-refractivity contribution is -0.589. The second kappa shape index (κ2) is 6.54. The molecule has 0 aliphatic carbocycles. The number of fused-ring (bicyclic) bond motifs is 3. The monoisotopic (exact) mass is 480 g/mol. The molecule has 0 fully saturated rings. The first kappa shape index (κ1) is 18.4. The van der Waals surface area contributed by atoms with Crippen LogP contribution in [0.4, 0.5) is 17.6 Å². The summed E-state index contributed by atoms with van der Waals surface area (Å²) >= 11 is 5.81. The van der Waals surface area contributed by atoms with Gasteiger partial charge in [-0.2, -0.15) is 13.2 Å². The molecule has 3 nitrogen and oxygen atoms in total. The van der Waals surface area contributed by atoms with E-state index < -0.39 is 15.6 Å². The highest BCUT2D eigenvalue weighted by atomic mass is 127. The first-order chi connectivity index (χ1) is 10.5. The van der Waals surface area contributed by atoms with Crippen LogP contribution in [-0.4, -0.2) is 18.5 Å². The Morgan fingerprint density at radius 3 is 2.22 bits per heavy atom. The molecule has 124 valence electrons. The van der Waals surface area contributed by atoms with Crippen molar-refractivity contribution in [2.45, 2.75) is 5.51 Å². The average molecular weight is 481 g/mol. The minimum absolute atomic E-state index is 0.131. The van der Waals surface area contributed by atoms with E-state index in [1.807, 2.05) is 24.3 Å². The molecule has 1 aliphatic heterocycles. The van der Waals surface area contributed by atoms with E-state index in [0.29, 0.717) is 0 Å². The van der Waals surface area contributed by atoms with Gasteiger partial charge < -0.3 is 4.55 Å². The maximum Gasteiger partial charge on any atom is 0.485 e. The van der Waals surface area contributed by atoms with E-state index in [0.717, 1.165) is 23.3 Å². The van der Waals surface area contributed by atoms with Crippen LogP contribution in [0.25, 0.3) is 11.1 Å². The molecule has 0 saturated heterocycles. The van der Waals surface area contributed by atoms with E-state index >= 15 is 0 Å². The second-order valence-electron chi connectivity index (χ2n) is 4.19. The summed E-state index contributed by atoms with van der Waals surface area (Å²) in [5.41, 5.74) is -3.89. The van der Waals surface area contributed by atoms with E-state index in [1.54, 1.807) is 6.07 Å². The topological polar surface area (TPSA) is 57.2 Å². The highest BCUT2D eigenvalue weighted by Gasteiger charge is 2.37. The molecule has 0 aromatic heterocycles. The molecule has 0 radical (unpaired) electrons. The minimum Gasteiger partial charge on any atom is -0.741 e. The first-order valence-electron chi connectivity index (χ1n) is 5.77. The van der Waals surface area contributed by atoms with Crippen molar-refractivity contribution in [3.8, 4) is 11.1 Å². The number of halogens is 6. The molecule has 0 bridgehead atoms. The second-order valence-corrected chi connectivity index (χ2v) is 8.75. The van der Waals surface area contributed by atoms with Crippen LogP contribution in [0.5, 0.6) is 0 Å². The fraction of sp³-hybridized carbons (Fsp3) is 0.0769. The summed E-state index contributed by atoms with van der Waals surface area (Å²) in [5.74, 6) is -0.131. The summed E-state index contributed by atoms with van der Waals surface area (Å²) in [4.78, 5) is 0. The van der Waals surface area contributed by atoms with Crippen molar-refractivity contribution in [3.63, 3.8) is 0 Å². The Hall–Kier alpha value is -0.910. The van der Waals surface area contributed by atoms with Crippen LogP contribution >= 0.6 is 11.6 Å². The lowest BCUT2D eigenvalue weighted by atomic mass is 10.1. The van der Waals surface area contributed by atoms with Crippen LogP contribution in [0.3, 0.4) is 0 Å². The van der Waals surface area contributed by atoms with Crippen LogP contribution in [0.15, 0.2) is 36.4 Å². The predicted molar refractivity (Wildman–Crippen MR) is 70.0 cm³/mol. The van der Waals surface area contributed by atoms with Crippen molar-refractivity contribution in [2.24, 2.45) is 0 Å². The summed E-state index contributed by atoms with van der Waals surface area (Å²) in [5, 5.41) is 0.774. The minimum atomic E-state index is -6.09. The van der Waals surface area contributed by atoms with Gasteiger partial charge in [-0.25, -0.2) is 12.8 Å². The summed E-state index contributed by atoms with van der Waals surface area (Å²) in [6.45, 7) is 0.